The number of carbonyl (C=O) groups excluding carboxylic acids is 1. The number of benzene rings is 2. The summed E-state index contributed by atoms with van der Waals surface area (Å²) in [6, 6.07) is 17.8. The van der Waals surface area contributed by atoms with Crippen LogP contribution in [0.5, 0.6) is 0 Å². The summed E-state index contributed by atoms with van der Waals surface area (Å²) in [5, 5.41) is 3.22. The summed E-state index contributed by atoms with van der Waals surface area (Å²) >= 11 is 0. The van der Waals surface area contributed by atoms with Crippen molar-refractivity contribution in [3.05, 3.63) is 83.2 Å². The maximum absolute atomic E-state index is 12.9. The second-order valence-electron chi connectivity index (χ2n) is 6.51. The van der Waals surface area contributed by atoms with Crippen LogP contribution in [0.1, 0.15) is 34.1 Å². The topological polar surface area (TPSA) is 58.1 Å². The molecule has 0 saturated carbocycles. The van der Waals surface area contributed by atoms with Crippen molar-refractivity contribution in [3.8, 4) is 0 Å². The van der Waals surface area contributed by atoms with Gasteiger partial charge in [-0.2, -0.15) is 0 Å². The fourth-order valence-electron chi connectivity index (χ4n) is 2.82. The number of hydrogen-bond acceptors (Lipinski definition) is 4. The van der Waals surface area contributed by atoms with Crippen LogP contribution in [0.4, 0.5) is 11.6 Å². The largest absolute Gasteiger partial charge is 0.333 e. The van der Waals surface area contributed by atoms with Gasteiger partial charge in [0, 0.05) is 25.0 Å². The second-order valence-corrected chi connectivity index (χ2v) is 6.51. The van der Waals surface area contributed by atoms with Crippen molar-refractivity contribution in [2.75, 3.05) is 11.9 Å². The highest BCUT2D eigenvalue weighted by Crippen LogP contribution is 2.20. The Bertz CT molecular complexity index is 925. The highest BCUT2D eigenvalue weighted by atomic mass is 16.2. The SMILES string of the molecule is CCN(Cc1ccccc1)C(=O)c1ccnc(Nc2cc(C)ccc2C)n1. The number of aromatic nitrogens is 2. The van der Waals surface area contributed by atoms with Gasteiger partial charge < -0.3 is 10.2 Å². The lowest BCUT2D eigenvalue weighted by Gasteiger charge is -2.20. The minimum Gasteiger partial charge on any atom is -0.333 e. The van der Waals surface area contributed by atoms with E-state index in [4.69, 9.17) is 0 Å². The van der Waals surface area contributed by atoms with Gasteiger partial charge in [-0.3, -0.25) is 4.79 Å². The minimum atomic E-state index is -0.104. The zero-order valence-electron chi connectivity index (χ0n) is 15.9. The molecule has 2 aromatic carbocycles. The molecule has 0 bridgehead atoms. The fourth-order valence-corrected chi connectivity index (χ4v) is 2.82. The number of nitrogens with one attached hydrogen (secondary N) is 1. The Morgan fingerprint density at radius 2 is 1.85 bits per heavy atom. The monoisotopic (exact) mass is 360 g/mol. The molecule has 0 saturated heterocycles. The molecule has 0 aliphatic rings. The van der Waals surface area contributed by atoms with Crippen LogP contribution in [0.3, 0.4) is 0 Å². The number of hydrogen-bond donors (Lipinski definition) is 1. The van der Waals surface area contributed by atoms with Crippen LogP contribution in [0, 0.1) is 13.8 Å². The van der Waals surface area contributed by atoms with Crippen LogP contribution in [-0.2, 0) is 6.54 Å². The normalized spacial score (nSPS) is 10.5. The fraction of sp³-hybridized carbons (Fsp3) is 0.227. The van der Waals surface area contributed by atoms with Gasteiger partial charge in [-0.05, 0) is 49.6 Å². The zero-order valence-corrected chi connectivity index (χ0v) is 15.9. The molecule has 1 N–H and O–H groups in total. The molecular formula is C22H24N4O. The van der Waals surface area contributed by atoms with E-state index in [9.17, 15) is 4.79 Å². The van der Waals surface area contributed by atoms with Crippen LogP contribution >= 0.6 is 0 Å². The average Bonchev–Trinajstić information content (AvgIpc) is 2.69. The molecule has 1 aromatic heterocycles. The van der Waals surface area contributed by atoms with Crippen molar-refractivity contribution in [1.82, 2.24) is 14.9 Å². The van der Waals surface area contributed by atoms with Crippen molar-refractivity contribution in [1.29, 1.82) is 0 Å². The van der Waals surface area contributed by atoms with Gasteiger partial charge in [0.05, 0.1) is 0 Å². The smallest absolute Gasteiger partial charge is 0.272 e. The number of nitrogens with zero attached hydrogens (tertiary/aromatic N) is 3. The predicted molar refractivity (Wildman–Crippen MR) is 108 cm³/mol. The van der Waals surface area contributed by atoms with E-state index in [1.54, 1.807) is 17.2 Å². The van der Waals surface area contributed by atoms with Crippen molar-refractivity contribution >= 4 is 17.5 Å². The lowest BCUT2D eigenvalue weighted by Crippen LogP contribution is -2.31. The van der Waals surface area contributed by atoms with Gasteiger partial charge >= 0.3 is 0 Å². The average molecular weight is 360 g/mol. The zero-order chi connectivity index (χ0) is 19.2. The Morgan fingerprint density at radius 3 is 2.59 bits per heavy atom. The quantitative estimate of drug-likeness (QED) is 0.703. The van der Waals surface area contributed by atoms with E-state index in [-0.39, 0.29) is 5.91 Å². The summed E-state index contributed by atoms with van der Waals surface area (Å²) in [6.07, 6.45) is 1.62. The molecule has 0 radical (unpaired) electrons. The summed E-state index contributed by atoms with van der Waals surface area (Å²) in [5.74, 6) is 0.318. The van der Waals surface area contributed by atoms with Crippen LogP contribution < -0.4 is 5.32 Å². The van der Waals surface area contributed by atoms with Gasteiger partial charge in [-0.1, -0.05) is 42.5 Å². The number of amides is 1. The molecule has 27 heavy (non-hydrogen) atoms. The Morgan fingerprint density at radius 1 is 1.07 bits per heavy atom. The molecule has 0 unspecified atom stereocenters. The summed E-state index contributed by atoms with van der Waals surface area (Å²) in [6.45, 7) is 7.19. The van der Waals surface area contributed by atoms with E-state index in [0.29, 0.717) is 24.7 Å². The third-order valence-corrected chi connectivity index (χ3v) is 4.40. The highest BCUT2D eigenvalue weighted by Gasteiger charge is 2.17. The van der Waals surface area contributed by atoms with Gasteiger partial charge in [0.1, 0.15) is 5.69 Å². The standard InChI is InChI=1S/C22H24N4O/c1-4-26(15-18-8-6-5-7-9-18)21(27)19-12-13-23-22(24-19)25-20-14-16(2)10-11-17(20)3/h5-14H,4,15H2,1-3H3,(H,23,24,25). The van der Waals surface area contributed by atoms with Crippen LogP contribution in [-0.4, -0.2) is 27.3 Å². The van der Waals surface area contributed by atoms with Gasteiger partial charge in [0.25, 0.3) is 5.91 Å². The van der Waals surface area contributed by atoms with E-state index in [1.807, 2.05) is 63.2 Å². The molecular weight excluding hydrogens is 336 g/mol. The van der Waals surface area contributed by atoms with Crippen molar-refractivity contribution < 1.29 is 4.79 Å². The van der Waals surface area contributed by atoms with Gasteiger partial charge in [0.2, 0.25) is 5.95 Å². The third kappa shape index (κ3) is 4.70. The number of anilines is 2. The van der Waals surface area contributed by atoms with Gasteiger partial charge in [-0.25, -0.2) is 9.97 Å². The molecule has 3 rings (SSSR count). The van der Waals surface area contributed by atoms with Gasteiger partial charge in [0.15, 0.2) is 0 Å². The number of aryl methyl sites for hydroxylation is 2. The highest BCUT2D eigenvalue weighted by molar-refractivity contribution is 5.92. The Hall–Kier alpha value is -3.21. The lowest BCUT2D eigenvalue weighted by atomic mass is 10.1. The summed E-state index contributed by atoms with van der Waals surface area (Å²) < 4.78 is 0. The first kappa shape index (κ1) is 18.6. The summed E-state index contributed by atoms with van der Waals surface area (Å²) in [4.78, 5) is 23.4. The van der Waals surface area contributed by atoms with E-state index in [1.165, 1.54) is 0 Å². The van der Waals surface area contributed by atoms with Gasteiger partial charge in [-0.15, -0.1) is 0 Å². The van der Waals surface area contributed by atoms with E-state index < -0.39 is 0 Å². The minimum absolute atomic E-state index is 0.104. The van der Waals surface area contributed by atoms with Crippen molar-refractivity contribution in [3.63, 3.8) is 0 Å². The first-order valence-electron chi connectivity index (χ1n) is 9.07. The van der Waals surface area contributed by atoms with E-state index >= 15 is 0 Å². The first-order chi connectivity index (χ1) is 13.1. The lowest BCUT2D eigenvalue weighted by molar-refractivity contribution is 0.0746. The second kappa shape index (κ2) is 8.45. The molecule has 138 valence electrons. The molecule has 0 spiro atoms. The van der Waals surface area contributed by atoms with Crippen molar-refractivity contribution in [2.24, 2.45) is 0 Å². The molecule has 0 aliphatic heterocycles. The Balaban J connectivity index is 1.79. The molecule has 0 aliphatic carbocycles. The maximum Gasteiger partial charge on any atom is 0.272 e. The molecule has 5 nitrogen and oxygen atoms in total. The number of rotatable bonds is 6. The maximum atomic E-state index is 12.9. The summed E-state index contributed by atoms with van der Waals surface area (Å²) in [7, 11) is 0. The first-order valence-corrected chi connectivity index (χ1v) is 9.07. The molecule has 3 aromatic rings. The molecule has 0 fully saturated rings. The molecule has 5 heteroatoms. The Kier molecular flexibility index (Phi) is 5.81. The van der Waals surface area contributed by atoms with Crippen LogP contribution in [0.25, 0.3) is 0 Å². The van der Waals surface area contributed by atoms with Crippen molar-refractivity contribution in [2.45, 2.75) is 27.3 Å². The van der Waals surface area contributed by atoms with E-state index in [2.05, 4.69) is 21.4 Å². The summed E-state index contributed by atoms with van der Waals surface area (Å²) in [5.41, 5.74) is 4.66. The van der Waals surface area contributed by atoms with E-state index in [0.717, 1.165) is 22.4 Å². The van der Waals surface area contributed by atoms with Crippen LogP contribution in [0.2, 0.25) is 0 Å². The molecule has 1 heterocycles. The Labute approximate surface area is 160 Å². The molecule has 0 atom stereocenters. The molecule has 1 amide bonds. The predicted octanol–water partition coefficient (Wildman–Crippen LogP) is 4.50. The third-order valence-electron chi connectivity index (χ3n) is 4.40. The van der Waals surface area contributed by atoms with Crippen LogP contribution in [0.15, 0.2) is 60.8 Å². The number of carbonyl (C=O) groups is 1.